The molecule has 0 aromatic heterocycles. The number of allylic oxidation sites excluding steroid dienone is 8. The standard InChI is InChI=1S/C24H25Cl/c1-5-18(16(3)13-14-20(25)6-2)15-23-17(4)21-11-7-9-19-10-8-12-22(23)24(19)21/h7-15H,5-6H2,1-4H3/b16-13+,18-15+,20-14+. The van der Waals surface area contributed by atoms with Gasteiger partial charge < -0.3 is 0 Å². The second-order valence-electron chi connectivity index (χ2n) is 6.59. The van der Waals surface area contributed by atoms with E-state index in [0.29, 0.717) is 0 Å². The van der Waals surface area contributed by atoms with E-state index in [4.69, 9.17) is 11.6 Å². The van der Waals surface area contributed by atoms with Gasteiger partial charge in [-0.15, -0.1) is 0 Å². The number of hydrogen-bond donors (Lipinski definition) is 0. The van der Waals surface area contributed by atoms with Crippen LogP contribution in [0, 0.1) is 0 Å². The highest BCUT2D eigenvalue weighted by molar-refractivity contribution is 6.29. The molecule has 0 atom stereocenters. The van der Waals surface area contributed by atoms with Gasteiger partial charge in [0.2, 0.25) is 0 Å². The van der Waals surface area contributed by atoms with Crippen LogP contribution >= 0.6 is 11.6 Å². The van der Waals surface area contributed by atoms with Crippen molar-refractivity contribution in [2.75, 3.05) is 0 Å². The molecule has 0 saturated heterocycles. The Bertz CT molecular complexity index is 930. The maximum atomic E-state index is 6.15. The Morgan fingerprint density at radius 1 is 0.960 bits per heavy atom. The highest BCUT2D eigenvalue weighted by Gasteiger charge is 2.19. The Balaban J connectivity index is 2.09. The smallest absolute Gasteiger partial charge is 0.0178 e. The molecule has 0 N–H and O–H groups in total. The molecule has 25 heavy (non-hydrogen) atoms. The van der Waals surface area contributed by atoms with Crippen LogP contribution in [0.1, 0.15) is 51.7 Å². The van der Waals surface area contributed by atoms with Crippen molar-refractivity contribution < 1.29 is 0 Å². The summed E-state index contributed by atoms with van der Waals surface area (Å²) in [6, 6.07) is 13.2. The predicted octanol–water partition coefficient (Wildman–Crippen LogP) is 7.90. The summed E-state index contributed by atoms with van der Waals surface area (Å²) in [6.07, 6.45) is 8.40. The summed E-state index contributed by atoms with van der Waals surface area (Å²) in [4.78, 5) is 0. The van der Waals surface area contributed by atoms with Crippen LogP contribution in [-0.4, -0.2) is 0 Å². The molecule has 0 aliphatic heterocycles. The summed E-state index contributed by atoms with van der Waals surface area (Å²) in [5.74, 6) is 0. The summed E-state index contributed by atoms with van der Waals surface area (Å²) < 4.78 is 0. The van der Waals surface area contributed by atoms with Crippen molar-refractivity contribution in [1.82, 2.24) is 0 Å². The highest BCUT2D eigenvalue weighted by Crippen LogP contribution is 2.43. The fourth-order valence-electron chi connectivity index (χ4n) is 3.52. The minimum absolute atomic E-state index is 0.873. The molecule has 2 aromatic carbocycles. The van der Waals surface area contributed by atoms with Crippen LogP contribution in [0.25, 0.3) is 21.9 Å². The summed E-state index contributed by atoms with van der Waals surface area (Å²) in [6.45, 7) is 8.70. The van der Waals surface area contributed by atoms with Gasteiger partial charge in [-0.3, -0.25) is 0 Å². The van der Waals surface area contributed by atoms with Crippen LogP contribution in [0.4, 0.5) is 0 Å². The highest BCUT2D eigenvalue weighted by atomic mass is 35.5. The first-order valence-corrected chi connectivity index (χ1v) is 9.41. The molecule has 3 rings (SSSR count). The lowest BCUT2D eigenvalue weighted by Crippen LogP contribution is -1.87. The molecule has 0 fully saturated rings. The molecule has 0 heterocycles. The monoisotopic (exact) mass is 348 g/mol. The molecule has 1 aliphatic carbocycles. The van der Waals surface area contributed by atoms with Gasteiger partial charge in [-0.1, -0.05) is 74.0 Å². The van der Waals surface area contributed by atoms with Gasteiger partial charge >= 0.3 is 0 Å². The van der Waals surface area contributed by atoms with Crippen molar-refractivity contribution in [3.8, 4) is 0 Å². The molecule has 0 radical (unpaired) electrons. The molecule has 0 spiro atoms. The first kappa shape index (κ1) is 17.8. The number of rotatable bonds is 5. The van der Waals surface area contributed by atoms with Gasteiger partial charge in [0.25, 0.3) is 0 Å². The van der Waals surface area contributed by atoms with Crippen molar-refractivity contribution in [3.63, 3.8) is 0 Å². The van der Waals surface area contributed by atoms with E-state index in [-0.39, 0.29) is 0 Å². The van der Waals surface area contributed by atoms with Gasteiger partial charge in [0, 0.05) is 5.03 Å². The second-order valence-corrected chi connectivity index (χ2v) is 7.07. The Kier molecular flexibility index (Phi) is 5.30. The van der Waals surface area contributed by atoms with Gasteiger partial charge in [-0.25, -0.2) is 0 Å². The summed E-state index contributed by atoms with van der Waals surface area (Å²) in [5, 5.41) is 3.60. The predicted molar refractivity (Wildman–Crippen MR) is 113 cm³/mol. The normalized spacial score (nSPS) is 15.5. The zero-order valence-corrected chi connectivity index (χ0v) is 16.2. The minimum atomic E-state index is 0.873. The maximum absolute atomic E-state index is 6.15. The van der Waals surface area contributed by atoms with E-state index in [1.807, 2.05) is 6.08 Å². The Labute approximate surface area is 156 Å². The SMILES string of the molecule is CC\C(Cl)=C/C=C(C)/C(=C/C1=C(C)c2cccc3cccc1c23)CC. The fraction of sp³-hybridized carbons (Fsp3) is 0.250. The van der Waals surface area contributed by atoms with Crippen LogP contribution in [-0.2, 0) is 0 Å². The third-order valence-electron chi connectivity index (χ3n) is 5.06. The maximum Gasteiger partial charge on any atom is 0.0178 e. The summed E-state index contributed by atoms with van der Waals surface area (Å²) in [7, 11) is 0. The lowest BCUT2D eigenvalue weighted by molar-refractivity contribution is 1.10. The first-order valence-electron chi connectivity index (χ1n) is 9.04. The lowest BCUT2D eigenvalue weighted by atomic mass is 9.97. The number of hydrogen-bond acceptors (Lipinski definition) is 0. The molecule has 2 aromatic rings. The fourth-order valence-corrected chi connectivity index (χ4v) is 3.58. The van der Waals surface area contributed by atoms with Gasteiger partial charge in [0.1, 0.15) is 0 Å². The van der Waals surface area contributed by atoms with Crippen molar-refractivity contribution >= 4 is 33.5 Å². The van der Waals surface area contributed by atoms with E-state index >= 15 is 0 Å². The first-order chi connectivity index (χ1) is 12.1. The van der Waals surface area contributed by atoms with E-state index in [2.05, 4.69) is 76.2 Å². The van der Waals surface area contributed by atoms with Crippen molar-refractivity contribution in [2.45, 2.75) is 40.5 Å². The molecule has 0 unspecified atom stereocenters. The number of benzene rings is 2. The average Bonchev–Trinajstić information content (AvgIpc) is 2.91. The zero-order chi connectivity index (χ0) is 18.0. The summed E-state index contributed by atoms with van der Waals surface area (Å²) in [5.41, 5.74) is 8.07. The van der Waals surface area contributed by atoms with Crippen molar-refractivity contribution in [1.29, 1.82) is 0 Å². The third-order valence-corrected chi connectivity index (χ3v) is 5.45. The zero-order valence-electron chi connectivity index (χ0n) is 15.5. The Morgan fingerprint density at radius 3 is 2.28 bits per heavy atom. The topological polar surface area (TPSA) is 0 Å². The number of halogens is 1. The van der Waals surface area contributed by atoms with Crippen LogP contribution in [0.5, 0.6) is 0 Å². The molecule has 0 nitrogen and oxygen atoms in total. The van der Waals surface area contributed by atoms with E-state index in [0.717, 1.165) is 17.9 Å². The van der Waals surface area contributed by atoms with Crippen LogP contribution in [0.3, 0.4) is 0 Å². The van der Waals surface area contributed by atoms with Gasteiger partial charge in [0.15, 0.2) is 0 Å². The Morgan fingerprint density at radius 2 is 1.64 bits per heavy atom. The van der Waals surface area contributed by atoms with E-state index < -0.39 is 0 Å². The summed E-state index contributed by atoms with van der Waals surface area (Å²) >= 11 is 6.15. The molecule has 128 valence electrons. The molecule has 0 bridgehead atoms. The van der Waals surface area contributed by atoms with Crippen LogP contribution < -0.4 is 0 Å². The molecule has 1 aliphatic rings. The molecular weight excluding hydrogens is 324 g/mol. The molecule has 0 amide bonds. The van der Waals surface area contributed by atoms with Crippen LogP contribution in [0.15, 0.2) is 70.8 Å². The van der Waals surface area contributed by atoms with Gasteiger partial charge in [-0.2, -0.15) is 0 Å². The molecular formula is C24H25Cl. The van der Waals surface area contributed by atoms with E-state index in [1.54, 1.807) is 0 Å². The second kappa shape index (κ2) is 7.45. The largest absolute Gasteiger partial charge is 0.0892 e. The Hall–Kier alpha value is -2.05. The van der Waals surface area contributed by atoms with Crippen molar-refractivity contribution in [2.24, 2.45) is 0 Å². The molecule has 1 heteroatoms. The lowest BCUT2D eigenvalue weighted by Gasteiger charge is -2.08. The van der Waals surface area contributed by atoms with Crippen LogP contribution in [0.2, 0.25) is 0 Å². The van der Waals surface area contributed by atoms with E-state index in [9.17, 15) is 0 Å². The minimum Gasteiger partial charge on any atom is -0.0892 e. The van der Waals surface area contributed by atoms with Gasteiger partial charge in [0.05, 0.1) is 0 Å². The van der Waals surface area contributed by atoms with Gasteiger partial charge in [-0.05, 0) is 77.0 Å². The van der Waals surface area contributed by atoms with Crippen molar-refractivity contribution in [3.05, 3.63) is 81.9 Å². The molecule has 0 saturated carbocycles. The quantitative estimate of drug-likeness (QED) is 0.481. The average molecular weight is 349 g/mol. The third kappa shape index (κ3) is 3.37. The van der Waals surface area contributed by atoms with E-state index in [1.165, 1.54) is 44.2 Å².